The van der Waals surface area contributed by atoms with Crippen LogP contribution in [0.2, 0.25) is 0 Å². The highest BCUT2D eigenvalue weighted by Crippen LogP contribution is 2.20. The molecule has 1 N–H and O–H groups in total. The molecular weight excluding hydrogens is 260 g/mol. The number of nitrogens with one attached hydrogen (secondary N) is 1. The summed E-state index contributed by atoms with van der Waals surface area (Å²) >= 11 is 0. The van der Waals surface area contributed by atoms with Crippen molar-refractivity contribution in [2.24, 2.45) is 0 Å². The van der Waals surface area contributed by atoms with Gasteiger partial charge in [0.25, 0.3) is 6.43 Å². The summed E-state index contributed by atoms with van der Waals surface area (Å²) in [6.07, 6.45) is -0.646. The minimum absolute atomic E-state index is 0.159. The van der Waals surface area contributed by atoms with E-state index >= 15 is 0 Å². The number of hydrogen-bond donors (Lipinski definition) is 1. The molecule has 0 bridgehead atoms. The molecule has 1 atom stereocenters. The smallest absolute Gasteiger partial charge is 0.261 e. The molecule has 114 valence electrons. The van der Waals surface area contributed by atoms with Crippen LogP contribution in [0.4, 0.5) is 8.78 Å². The zero-order chi connectivity index (χ0) is 15.0. The van der Waals surface area contributed by atoms with Gasteiger partial charge in [0.2, 0.25) is 0 Å². The Morgan fingerprint density at radius 1 is 1.20 bits per heavy atom. The van der Waals surface area contributed by atoms with Crippen molar-refractivity contribution in [3.63, 3.8) is 0 Å². The summed E-state index contributed by atoms with van der Waals surface area (Å²) in [6, 6.07) is 6.52. The standard InChI is InChI=1S/C16H25F2NO/c1-4-8-19-15(7-9-20-11-16(17)18)14-6-5-12(2)13(3)10-14/h5-6,10,15-16,19H,4,7-9,11H2,1-3H3. The Labute approximate surface area is 120 Å². The second kappa shape index (κ2) is 9.03. The number of halogens is 2. The van der Waals surface area contributed by atoms with E-state index in [2.05, 4.69) is 44.3 Å². The molecule has 0 saturated heterocycles. The average Bonchev–Trinajstić information content (AvgIpc) is 2.41. The fraction of sp³-hybridized carbons (Fsp3) is 0.625. The van der Waals surface area contributed by atoms with Crippen LogP contribution in [0.25, 0.3) is 0 Å². The predicted octanol–water partition coefficient (Wildman–Crippen LogP) is 4.02. The van der Waals surface area contributed by atoms with Gasteiger partial charge in [-0.15, -0.1) is 0 Å². The van der Waals surface area contributed by atoms with Gasteiger partial charge in [0.1, 0.15) is 6.61 Å². The molecule has 0 heterocycles. The monoisotopic (exact) mass is 285 g/mol. The van der Waals surface area contributed by atoms with E-state index in [9.17, 15) is 8.78 Å². The minimum Gasteiger partial charge on any atom is -0.375 e. The van der Waals surface area contributed by atoms with Crippen LogP contribution in [-0.2, 0) is 4.74 Å². The van der Waals surface area contributed by atoms with Gasteiger partial charge in [0, 0.05) is 12.6 Å². The third kappa shape index (κ3) is 5.97. The normalized spacial score (nSPS) is 12.9. The molecule has 0 spiro atoms. The molecule has 0 radical (unpaired) electrons. The lowest BCUT2D eigenvalue weighted by molar-refractivity contribution is 0.0143. The maximum absolute atomic E-state index is 12.0. The van der Waals surface area contributed by atoms with Crippen LogP contribution in [-0.4, -0.2) is 26.2 Å². The number of benzene rings is 1. The van der Waals surface area contributed by atoms with E-state index in [1.54, 1.807) is 0 Å². The van der Waals surface area contributed by atoms with E-state index in [-0.39, 0.29) is 6.04 Å². The summed E-state index contributed by atoms with van der Waals surface area (Å²) in [6.45, 7) is 7.05. The molecule has 0 aliphatic rings. The number of ether oxygens (including phenoxy) is 1. The average molecular weight is 285 g/mol. The van der Waals surface area contributed by atoms with Gasteiger partial charge in [0.05, 0.1) is 0 Å². The first-order valence-corrected chi connectivity index (χ1v) is 7.21. The van der Waals surface area contributed by atoms with Crippen molar-refractivity contribution in [3.8, 4) is 0 Å². The summed E-state index contributed by atoms with van der Waals surface area (Å²) in [4.78, 5) is 0. The predicted molar refractivity (Wildman–Crippen MR) is 78.4 cm³/mol. The Morgan fingerprint density at radius 2 is 1.95 bits per heavy atom. The van der Waals surface area contributed by atoms with Crippen LogP contribution in [0.15, 0.2) is 18.2 Å². The SMILES string of the molecule is CCCNC(CCOCC(F)F)c1ccc(C)c(C)c1. The van der Waals surface area contributed by atoms with Crippen molar-refractivity contribution >= 4 is 0 Å². The third-order valence-corrected chi connectivity index (χ3v) is 3.37. The summed E-state index contributed by atoms with van der Waals surface area (Å²) in [5.41, 5.74) is 3.71. The first-order valence-electron chi connectivity index (χ1n) is 7.21. The van der Waals surface area contributed by atoms with Crippen LogP contribution >= 0.6 is 0 Å². The molecule has 20 heavy (non-hydrogen) atoms. The van der Waals surface area contributed by atoms with Gasteiger partial charge in [-0.05, 0) is 49.9 Å². The Balaban J connectivity index is 2.60. The summed E-state index contributed by atoms with van der Waals surface area (Å²) in [7, 11) is 0. The lowest BCUT2D eigenvalue weighted by Gasteiger charge is -2.20. The largest absolute Gasteiger partial charge is 0.375 e. The Morgan fingerprint density at radius 3 is 2.55 bits per heavy atom. The summed E-state index contributed by atoms with van der Waals surface area (Å²) in [5.74, 6) is 0. The van der Waals surface area contributed by atoms with Crippen molar-refractivity contribution in [2.45, 2.75) is 46.1 Å². The number of rotatable bonds is 9. The van der Waals surface area contributed by atoms with E-state index < -0.39 is 13.0 Å². The van der Waals surface area contributed by atoms with E-state index in [0.717, 1.165) is 13.0 Å². The molecule has 0 saturated carbocycles. The first kappa shape index (κ1) is 17.1. The van der Waals surface area contributed by atoms with Crippen molar-refractivity contribution in [1.82, 2.24) is 5.32 Å². The van der Waals surface area contributed by atoms with E-state index in [4.69, 9.17) is 4.74 Å². The zero-order valence-corrected chi connectivity index (χ0v) is 12.6. The third-order valence-electron chi connectivity index (χ3n) is 3.37. The van der Waals surface area contributed by atoms with Gasteiger partial charge in [-0.3, -0.25) is 0 Å². The van der Waals surface area contributed by atoms with Gasteiger partial charge in [-0.2, -0.15) is 0 Å². The van der Waals surface area contributed by atoms with Crippen LogP contribution in [0.3, 0.4) is 0 Å². The molecule has 0 aliphatic carbocycles. The Kier molecular flexibility index (Phi) is 7.70. The lowest BCUT2D eigenvalue weighted by atomic mass is 9.99. The maximum atomic E-state index is 12.0. The van der Waals surface area contributed by atoms with E-state index in [1.165, 1.54) is 16.7 Å². The van der Waals surface area contributed by atoms with Gasteiger partial charge in [0.15, 0.2) is 0 Å². The topological polar surface area (TPSA) is 21.3 Å². The molecular formula is C16H25F2NO. The van der Waals surface area contributed by atoms with E-state index in [1.807, 2.05) is 0 Å². The lowest BCUT2D eigenvalue weighted by Crippen LogP contribution is -2.24. The Hall–Kier alpha value is -1.00. The van der Waals surface area contributed by atoms with Crippen molar-refractivity contribution in [2.75, 3.05) is 19.8 Å². The highest BCUT2D eigenvalue weighted by molar-refractivity contribution is 5.31. The molecule has 0 fully saturated rings. The summed E-state index contributed by atoms with van der Waals surface area (Å²) < 4.78 is 29.1. The first-order chi connectivity index (χ1) is 9.54. The van der Waals surface area contributed by atoms with Crippen molar-refractivity contribution in [3.05, 3.63) is 34.9 Å². The fourth-order valence-corrected chi connectivity index (χ4v) is 2.06. The second-order valence-corrected chi connectivity index (χ2v) is 5.11. The van der Waals surface area contributed by atoms with Crippen LogP contribution < -0.4 is 5.32 Å². The fourth-order valence-electron chi connectivity index (χ4n) is 2.06. The molecule has 1 unspecified atom stereocenters. The maximum Gasteiger partial charge on any atom is 0.261 e. The molecule has 0 amide bonds. The zero-order valence-electron chi connectivity index (χ0n) is 12.6. The Bertz CT molecular complexity index is 396. The van der Waals surface area contributed by atoms with E-state index in [0.29, 0.717) is 13.0 Å². The van der Waals surface area contributed by atoms with Gasteiger partial charge < -0.3 is 10.1 Å². The van der Waals surface area contributed by atoms with Gasteiger partial charge >= 0.3 is 0 Å². The van der Waals surface area contributed by atoms with Crippen LogP contribution in [0.5, 0.6) is 0 Å². The van der Waals surface area contributed by atoms with Crippen LogP contribution in [0.1, 0.15) is 42.5 Å². The highest BCUT2D eigenvalue weighted by Gasteiger charge is 2.12. The van der Waals surface area contributed by atoms with Gasteiger partial charge in [-0.25, -0.2) is 8.78 Å². The molecule has 4 heteroatoms. The van der Waals surface area contributed by atoms with Crippen molar-refractivity contribution in [1.29, 1.82) is 0 Å². The van der Waals surface area contributed by atoms with Crippen molar-refractivity contribution < 1.29 is 13.5 Å². The molecule has 1 rings (SSSR count). The molecule has 1 aromatic rings. The van der Waals surface area contributed by atoms with Crippen LogP contribution in [0, 0.1) is 13.8 Å². The van der Waals surface area contributed by atoms with Gasteiger partial charge in [-0.1, -0.05) is 25.1 Å². The second-order valence-electron chi connectivity index (χ2n) is 5.11. The number of hydrogen-bond acceptors (Lipinski definition) is 2. The minimum atomic E-state index is -2.39. The quantitative estimate of drug-likeness (QED) is 0.692. The molecule has 0 aromatic heterocycles. The number of alkyl halides is 2. The summed E-state index contributed by atoms with van der Waals surface area (Å²) in [5, 5.41) is 3.45. The number of aryl methyl sites for hydroxylation is 2. The molecule has 0 aliphatic heterocycles. The molecule has 1 aromatic carbocycles. The molecule has 2 nitrogen and oxygen atoms in total. The highest BCUT2D eigenvalue weighted by atomic mass is 19.3.